The predicted molar refractivity (Wildman–Crippen MR) is 93.8 cm³/mol. The molecule has 2 aromatic rings. The topological polar surface area (TPSA) is 116 Å². The number of ether oxygens (including phenoxy) is 1. The molecule has 0 radical (unpaired) electrons. The van der Waals surface area contributed by atoms with E-state index in [9.17, 15) is 14.9 Å². The Balaban J connectivity index is 1.86. The van der Waals surface area contributed by atoms with Gasteiger partial charge in [0.05, 0.1) is 24.2 Å². The first-order chi connectivity index (χ1) is 12.6. The lowest BCUT2D eigenvalue weighted by Gasteiger charge is -2.26. The second-order valence-electron chi connectivity index (χ2n) is 6.37. The number of para-hydroxylation sites is 1. The maximum Gasteiger partial charge on any atom is 0.354 e. The van der Waals surface area contributed by atoms with Crippen LogP contribution in [0.15, 0.2) is 35.1 Å². The molecule has 2 unspecified atom stereocenters. The van der Waals surface area contributed by atoms with Crippen molar-refractivity contribution in [3.05, 3.63) is 46.4 Å². The fourth-order valence-electron chi connectivity index (χ4n) is 3.26. The van der Waals surface area contributed by atoms with E-state index in [1.54, 1.807) is 24.3 Å². The number of aromatic amines is 1. The van der Waals surface area contributed by atoms with Crippen molar-refractivity contribution in [1.82, 2.24) is 9.97 Å². The first kappa shape index (κ1) is 17.7. The van der Waals surface area contributed by atoms with Crippen molar-refractivity contribution in [2.24, 2.45) is 11.8 Å². The molecule has 1 aliphatic carbocycles. The number of carboxylic acids is 1. The van der Waals surface area contributed by atoms with E-state index >= 15 is 0 Å². The number of hydrogen-bond acceptors (Lipinski definition) is 5. The lowest BCUT2D eigenvalue weighted by Crippen LogP contribution is -2.24. The van der Waals surface area contributed by atoms with Crippen LogP contribution in [0.1, 0.15) is 36.2 Å². The third-order valence-corrected chi connectivity index (χ3v) is 4.63. The molecular weight excluding hydrogens is 334 g/mol. The number of H-pyrrole nitrogens is 1. The first-order valence-electron chi connectivity index (χ1n) is 8.55. The fraction of sp³-hybridized carbons (Fsp3) is 0.368. The van der Waals surface area contributed by atoms with Gasteiger partial charge >= 0.3 is 5.97 Å². The molecule has 2 atom stereocenters. The number of aromatic nitrogens is 2. The van der Waals surface area contributed by atoms with Crippen molar-refractivity contribution in [3.8, 4) is 23.2 Å². The SMILES string of the molecule is N#CC1CCCCC1COc1ccccc1-c1nc(C(=O)O)cc(=O)[nH]1. The molecule has 1 aromatic carbocycles. The van der Waals surface area contributed by atoms with Gasteiger partial charge in [0, 0.05) is 12.0 Å². The fourth-order valence-corrected chi connectivity index (χ4v) is 3.26. The van der Waals surface area contributed by atoms with Crippen LogP contribution in [0, 0.1) is 23.2 Å². The summed E-state index contributed by atoms with van der Waals surface area (Å²) < 4.78 is 5.94. The summed E-state index contributed by atoms with van der Waals surface area (Å²) in [5.41, 5.74) is -0.355. The minimum absolute atomic E-state index is 0.0100. The maximum absolute atomic E-state index is 11.8. The number of nitriles is 1. The molecule has 3 rings (SSSR count). The van der Waals surface area contributed by atoms with Gasteiger partial charge in [-0.25, -0.2) is 9.78 Å². The molecule has 1 aliphatic rings. The zero-order valence-corrected chi connectivity index (χ0v) is 14.1. The normalized spacial score (nSPS) is 19.5. The van der Waals surface area contributed by atoms with Gasteiger partial charge in [0.2, 0.25) is 0 Å². The molecule has 1 fully saturated rings. The van der Waals surface area contributed by atoms with Gasteiger partial charge < -0.3 is 14.8 Å². The van der Waals surface area contributed by atoms with E-state index in [0.29, 0.717) is 17.9 Å². The Hall–Kier alpha value is -3.14. The Kier molecular flexibility index (Phi) is 5.32. The minimum atomic E-state index is -1.27. The van der Waals surface area contributed by atoms with E-state index in [-0.39, 0.29) is 23.4 Å². The lowest BCUT2D eigenvalue weighted by atomic mass is 9.80. The summed E-state index contributed by atoms with van der Waals surface area (Å²) in [5, 5.41) is 18.4. The average Bonchev–Trinajstić information content (AvgIpc) is 2.66. The zero-order chi connectivity index (χ0) is 18.5. The highest BCUT2D eigenvalue weighted by Crippen LogP contribution is 2.32. The van der Waals surface area contributed by atoms with Gasteiger partial charge in [0.1, 0.15) is 11.6 Å². The summed E-state index contributed by atoms with van der Waals surface area (Å²) >= 11 is 0. The summed E-state index contributed by atoms with van der Waals surface area (Å²) in [7, 11) is 0. The van der Waals surface area contributed by atoms with E-state index in [4.69, 9.17) is 9.84 Å². The smallest absolute Gasteiger partial charge is 0.354 e. The summed E-state index contributed by atoms with van der Waals surface area (Å²) in [6.45, 7) is 0.401. The quantitative estimate of drug-likeness (QED) is 0.854. The Morgan fingerprint density at radius 3 is 2.88 bits per heavy atom. The van der Waals surface area contributed by atoms with Gasteiger partial charge in [0.25, 0.3) is 5.56 Å². The third kappa shape index (κ3) is 3.91. The Morgan fingerprint density at radius 2 is 2.12 bits per heavy atom. The van der Waals surface area contributed by atoms with Crippen LogP contribution in [-0.4, -0.2) is 27.7 Å². The van der Waals surface area contributed by atoms with Crippen LogP contribution in [-0.2, 0) is 0 Å². The molecule has 26 heavy (non-hydrogen) atoms. The monoisotopic (exact) mass is 353 g/mol. The Bertz CT molecular complexity index is 900. The van der Waals surface area contributed by atoms with Crippen molar-refractivity contribution >= 4 is 5.97 Å². The highest BCUT2D eigenvalue weighted by atomic mass is 16.5. The van der Waals surface area contributed by atoms with Gasteiger partial charge in [0.15, 0.2) is 5.69 Å². The molecule has 1 saturated carbocycles. The van der Waals surface area contributed by atoms with Gasteiger partial charge in [-0.2, -0.15) is 5.26 Å². The van der Waals surface area contributed by atoms with Crippen LogP contribution < -0.4 is 10.3 Å². The molecule has 0 bridgehead atoms. The first-order valence-corrected chi connectivity index (χ1v) is 8.55. The number of aromatic carboxylic acids is 1. The number of hydrogen-bond donors (Lipinski definition) is 2. The highest BCUT2D eigenvalue weighted by molar-refractivity contribution is 5.85. The molecule has 0 spiro atoms. The summed E-state index contributed by atoms with van der Waals surface area (Å²) in [6.07, 6.45) is 3.99. The van der Waals surface area contributed by atoms with E-state index < -0.39 is 11.5 Å². The molecule has 1 aromatic heterocycles. The molecule has 7 nitrogen and oxygen atoms in total. The summed E-state index contributed by atoms with van der Waals surface area (Å²) in [6, 6.07) is 10.3. The van der Waals surface area contributed by atoms with E-state index in [1.165, 1.54) is 0 Å². The van der Waals surface area contributed by atoms with Crippen LogP contribution in [0.25, 0.3) is 11.4 Å². The summed E-state index contributed by atoms with van der Waals surface area (Å²) in [5.74, 6) is -0.468. The van der Waals surface area contributed by atoms with Crippen LogP contribution in [0.3, 0.4) is 0 Å². The summed E-state index contributed by atoms with van der Waals surface area (Å²) in [4.78, 5) is 29.5. The average molecular weight is 353 g/mol. The molecule has 134 valence electrons. The van der Waals surface area contributed by atoms with Gasteiger partial charge in [-0.15, -0.1) is 0 Å². The molecule has 7 heteroatoms. The van der Waals surface area contributed by atoms with Crippen molar-refractivity contribution < 1.29 is 14.6 Å². The molecule has 0 aliphatic heterocycles. The van der Waals surface area contributed by atoms with Gasteiger partial charge in [-0.1, -0.05) is 25.0 Å². The molecule has 2 N–H and O–H groups in total. The minimum Gasteiger partial charge on any atom is -0.492 e. The number of carboxylic acid groups (broad SMARTS) is 1. The second-order valence-corrected chi connectivity index (χ2v) is 6.37. The van der Waals surface area contributed by atoms with Crippen molar-refractivity contribution in [3.63, 3.8) is 0 Å². The number of carbonyl (C=O) groups is 1. The van der Waals surface area contributed by atoms with Crippen LogP contribution >= 0.6 is 0 Å². The molecule has 0 amide bonds. The molecular formula is C19H19N3O4. The lowest BCUT2D eigenvalue weighted by molar-refractivity contribution is 0.0690. The van der Waals surface area contributed by atoms with E-state index in [2.05, 4.69) is 16.0 Å². The Morgan fingerprint density at radius 1 is 1.35 bits per heavy atom. The largest absolute Gasteiger partial charge is 0.492 e. The number of nitrogens with one attached hydrogen (secondary N) is 1. The number of nitrogens with zero attached hydrogens (tertiary/aromatic N) is 2. The van der Waals surface area contributed by atoms with Crippen LogP contribution in [0.4, 0.5) is 0 Å². The van der Waals surface area contributed by atoms with Gasteiger partial charge in [-0.05, 0) is 25.0 Å². The third-order valence-electron chi connectivity index (χ3n) is 4.63. The number of rotatable bonds is 5. The zero-order valence-electron chi connectivity index (χ0n) is 14.1. The number of benzene rings is 1. The standard InChI is InChI=1S/C19H19N3O4/c20-10-12-5-1-2-6-13(12)11-26-16-8-4-3-7-14(16)18-21-15(19(24)25)9-17(23)22-18/h3-4,7-9,12-13H,1-2,5-6,11H2,(H,24,25)(H,21,22,23). The van der Waals surface area contributed by atoms with Crippen molar-refractivity contribution in [1.29, 1.82) is 5.26 Å². The van der Waals surface area contributed by atoms with Crippen molar-refractivity contribution in [2.45, 2.75) is 25.7 Å². The van der Waals surface area contributed by atoms with E-state index in [1.807, 2.05) is 0 Å². The van der Waals surface area contributed by atoms with Crippen LogP contribution in [0.5, 0.6) is 5.75 Å². The van der Waals surface area contributed by atoms with Crippen molar-refractivity contribution in [2.75, 3.05) is 6.61 Å². The maximum atomic E-state index is 11.8. The molecule has 0 saturated heterocycles. The Labute approximate surface area is 150 Å². The van der Waals surface area contributed by atoms with E-state index in [0.717, 1.165) is 31.7 Å². The highest BCUT2D eigenvalue weighted by Gasteiger charge is 2.26. The second kappa shape index (κ2) is 7.83. The molecule has 1 heterocycles. The van der Waals surface area contributed by atoms with Crippen LogP contribution in [0.2, 0.25) is 0 Å². The van der Waals surface area contributed by atoms with Gasteiger partial charge in [-0.3, -0.25) is 4.79 Å². The predicted octanol–water partition coefficient (Wildman–Crippen LogP) is 2.84.